The van der Waals surface area contributed by atoms with Gasteiger partial charge < -0.3 is 5.32 Å². The van der Waals surface area contributed by atoms with E-state index in [-0.39, 0.29) is 0 Å². The third-order valence-corrected chi connectivity index (χ3v) is 3.35. The maximum Gasteiger partial charge on any atom is 0.328 e. The van der Waals surface area contributed by atoms with Gasteiger partial charge in [0.05, 0.1) is 4.47 Å². The molecule has 1 heterocycles. The van der Waals surface area contributed by atoms with Crippen molar-refractivity contribution in [3.05, 3.63) is 61.3 Å². The van der Waals surface area contributed by atoms with Gasteiger partial charge in [-0.3, -0.25) is 14.3 Å². The second-order valence-electron chi connectivity index (χ2n) is 4.17. The fraction of sp³-hybridized carbons (Fsp3) is 0.231. The number of aryl methyl sites for hydroxylation is 1. The van der Waals surface area contributed by atoms with Crippen molar-refractivity contribution in [2.75, 3.05) is 11.9 Å². The molecule has 0 spiro atoms. The molecule has 2 N–H and O–H groups in total. The molecule has 0 aliphatic rings. The van der Waals surface area contributed by atoms with Crippen molar-refractivity contribution in [1.29, 1.82) is 0 Å². The second kappa shape index (κ2) is 5.88. The molecular formula is C13H14BrN3O2. The number of benzene rings is 1. The van der Waals surface area contributed by atoms with E-state index in [2.05, 4.69) is 26.2 Å². The van der Waals surface area contributed by atoms with Crippen LogP contribution in [0.25, 0.3) is 0 Å². The van der Waals surface area contributed by atoms with E-state index in [9.17, 15) is 9.59 Å². The monoisotopic (exact) mass is 323 g/mol. The summed E-state index contributed by atoms with van der Waals surface area (Å²) >= 11 is 3.10. The van der Waals surface area contributed by atoms with Gasteiger partial charge in [0, 0.05) is 25.0 Å². The molecule has 0 saturated carbocycles. The summed E-state index contributed by atoms with van der Waals surface area (Å²) in [5, 5.41) is 3.26. The first-order chi connectivity index (χ1) is 9.08. The highest BCUT2D eigenvalue weighted by atomic mass is 79.9. The topological polar surface area (TPSA) is 66.9 Å². The molecular weight excluding hydrogens is 310 g/mol. The molecule has 100 valence electrons. The minimum absolute atomic E-state index is 0.350. The number of nitrogens with one attached hydrogen (secondary N) is 2. The van der Waals surface area contributed by atoms with E-state index in [0.717, 1.165) is 11.3 Å². The van der Waals surface area contributed by atoms with Gasteiger partial charge in [-0.25, -0.2) is 4.79 Å². The average molecular weight is 324 g/mol. The predicted octanol–water partition coefficient (Wildman–Crippen LogP) is 1.72. The van der Waals surface area contributed by atoms with Gasteiger partial charge in [-0.15, -0.1) is 0 Å². The lowest BCUT2D eigenvalue weighted by molar-refractivity contribution is 0.666. The van der Waals surface area contributed by atoms with Crippen LogP contribution >= 0.6 is 15.9 Å². The van der Waals surface area contributed by atoms with Crippen molar-refractivity contribution in [3.8, 4) is 0 Å². The third-order valence-electron chi connectivity index (χ3n) is 2.78. The summed E-state index contributed by atoms with van der Waals surface area (Å²) < 4.78 is 1.81. The van der Waals surface area contributed by atoms with Gasteiger partial charge in [-0.1, -0.05) is 18.2 Å². The normalized spacial score (nSPS) is 10.4. The van der Waals surface area contributed by atoms with Crippen LogP contribution in [0.4, 0.5) is 5.69 Å². The number of rotatable bonds is 4. The maximum absolute atomic E-state index is 11.6. The van der Waals surface area contributed by atoms with Gasteiger partial charge in [0.1, 0.15) is 0 Å². The Labute approximate surface area is 118 Å². The highest BCUT2D eigenvalue weighted by Crippen LogP contribution is 2.12. The van der Waals surface area contributed by atoms with E-state index in [1.165, 1.54) is 10.8 Å². The molecule has 0 radical (unpaired) electrons. The van der Waals surface area contributed by atoms with Crippen LogP contribution in [-0.4, -0.2) is 16.1 Å². The van der Waals surface area contributed by atoms with E-state index in [1.807, 2.05) is 31.2 Å². The first-order valence-electron chi connectivity index (χ1n) is 5.86. The number of nitrogens with zero attached hydrogens (tertiary/aromatic N) is 1. The fourth-order valence-electron chi connectivity index (χ4n) is 1.73. The zero-order valence-corrected chi connectivity index (χ0v) is 12.0. The summed E-state index contributed by atoms with van der Waals surface area (Å²) in [7, 11) is 0. The SMILES string of the molecule is Cc1ccccc1NCCn1cc(Br)c(=O)[nH]c1=O. The Morgan fingerprint density at radius 1 is 1.32 bits per heavy atom. The van der Waals surface area contributed by atoms with Crippen LogP contribution in [0.2, 0.25) is 0 Å². The van der Waals surface area contributed by atoms with Crippen molar-refractivity contribution >= 4 is 21.6 Å². The first kappa shape index (κ1) is 13.6. The minimum Gasteiger partial charge on any atom is -0.383 e. The first-order valence-corrected chi connectivity index (χ1v) is 6.66. The molecule has 2 rings (SSSR count). The average Bonchev–Trinajstić information content (AvgIpc) is 2.38. The number of para-hydroxylation sites is 1. The van der Waals surface area contributed by atoms with Crippen molar-refractivity contribution in [1.82, 2.24) is 9.55 Å². The van der Waals surface area contributed by atoms with Gasteiger partial charge in [-0.2, -0.15) is 0 Å². The van der Waals surface area contributed by atoms with Crippen molar-refractivity contribution in [3.63, 3.8) is 0 Å². The molecule has 0 fully saturated rings. The zero-order chi connectivity index (χ0) is 13.8. The Morgan fingerprint density at radius 2 is 2.05 bits per heavy atom. The van der Waals surface area contributed by atoms with Gasteiger partial charge in [0.25, 0.3) is 5.56 Å². The molecule has 19 heavy (non-hydrogen) atoms. The Hall–Kier alpha value is -1.82. The summed E-state index contributed by atoms with van der Waals surface area (Å²) in [5.41, 5.74) is 1.38. The third kappa shape index (κ3) is 3.35. The standard InChI is InChI=1S/C13H14BrN3O2/c1-9-4-2-3-5-11(9)15-6-7-17-8-10(14)12(18)16-13(17)19/h2-5,8,15H,6-7H2,1H3,(H,16,18,19). The summed E-state index contributed by atoms with van der Waals surface area (Å²) in [4.78, 5) is 25.0. The van der Waals surface area contributed by atoms with Crippen LogP contribution < -0.4 is 16.6 Å². The van der Waals surface area contributed by atoms with Crippen LogP contribution in [0.1, 0.15) is 5.56 Å². The summed E-state index contributed by atoms with van der Waals surface area (Å²) in [6.07, 6.45) is 1.50. The molecule has 5 nitrogen and oxygen atoms in total. The highest BCUT2D eigenvalue weighted by Gasteiger charge is 2.02. The van der Waals surface area contributed by atoms with Crippen LogP contribution in [0, 0.1) is 6.92 Å². The number of hydrogen-bond donors (Lipinski definition) is 2. The summed E-state index contributed by atoms with van der Waals surface area (Å²) in [6, 6.07) is 7.94. The predicted molar refractivity (Wildman–Crippen MR) is 78.7 cm³/mol. The molecule has 0 bridgehead atoms. The molecule has 0 unspecified atom stereocenters. The molecule has 2 aromatic rings. The molecule has 0 amide bonds. The minimum atomic E-state index is -0.409. The summed E-state index contributed by atoms with van der Waals surface area (Å²) in [5.74, 6) is 0. The molecule has 0 aliphatic carbocycles. The van der Waals surface area contributed by atoms with E-state index >= 15 is 0 Å². The molecule has 0 saturated heterocycles. The number of aromatic amines is 1. The Balaban J connectivity index is 2.04. The van der Waals surface area contributed by atoms with E-state index in [4.69, 9.17) is 0 Å². The van der Waals surface area contributed by atoms with E-state index in [0.29, 0.717) is 17.6 Å². The van der Waals surface area contributed by atoms with Crippen molar-refractivity contribution in [2.24, 2.45) is 0 Å². The van der Waals surface area contributed by atoms with Crippen LogP contribution in [0.5, 0.6) is 0 Å². The smallest absolute Gasteiger partial charge is 0.328 e. The number of aromatic nitrogens is 2. The molecule has 6 heteroatoms. The lowest BCUT2D eigenvalue weighted by atomic mass is 10.2. The largest absolute Gasteiger partial charge is 0.383 e. The Morgan fingerprint density at radius 3 is 2.79 bits per heavy atom. The van der Waals surface area contributed by atoms with Gasteiger partial charge >= 0.3 is 5.69 Å². The number of hydrogen-bond acceptors (Lipinski definition) is 3. The Kier molecular flexibility index (Phi) is 4.21. The Bertz CT molecular complexity index is 691. The second-order valence-corrected chi connectivity index (χ2v) is 5.03. The van der Waals surface area contributed by atoms with Gasteiger partial charge in [0.15, 0.2) is 0 Å². The zero-order valence-electron chi connectivity index (χ0n) is 10.4. The number of H-pyrrole nitrogens is 1. The molecule has 0 aliphatic heterocycles. The quantitative estimate of drug-likeness (QED) is 0.900. The van der Waals surface area contributed by atoms with Gasteiger partial charge in [0.2, 0.25) is 0 Å². The number of halogens is 1. The lowest BCUT2D eigenvalue weighted by Crippen LogP contribution is -2.31. The number of anilines is 1. The van der Waals surface area contributed by atoms with E-state index in [1.54, 1.807) is 0 Å². The van der Waals surface area contributed by atoms with Crippen molar-refractivity contribution < 1.29 is 0 Å². The van der Waals surface area contributed by atoms with Crippen molar-refractivity contribution in [2.45, 2.75) is 13.5 Å². The van der Waals surface area contributed by atoms with E-state index < -0.39 is 11.2 Å². The summed E-state index contributed by atoms with van der Waals surface area (Å²) in [6.45, 7) is 3.09. The highest BCUT2D eigenvalue weighted by molar-refractivity contribution is 9.10. The maximum atomic E-state index is 11.6. The van der Waals surface area contributed by atoms with Gasteiger partial charge in [-0.05, 0) is 34.5 Å². The molecule has 1 aromatic heterocycles. The van der Waals surface area contributed by atoms with Crippen LogP contribution in [0.3, 0.4) is 0 Å². The van der Waals surface area contributed by atoms with Crippen LogP contribution in [-0.2, 0) is 6.54 Å². The lowest BCUT2D eigenvalue weighted by Gasteiger charge is -2.10. The fourth-order valence-corrected chi connectivity index (χ4v) is 2.08. The molecule has 0 atom stereocenters. The van der Waals surface area contributed by atoms with Crippen LogP contribution in [0.15, 0.2) is 44.5 Å². The molecule has 1 aromatic carbocycles.